The quantitative estimate of drug-likeness (QED) is 0.401. The van der Waals surface area contributed by atoms with E-state index in [0.717, 1.165) is 0 Å². The van der Waals surface area contributed by atoms with Gasteiger partial charge in [-0.2, -0.15) is 0 Å². The average Bonchev–Trinajstić information content (AvgIpc) is 2.55. The second-order valence-electron chi connectivity index (χ2n) is 6.87. The van der Waals surface area contributed by atoms with Gasteiger partial charge in [-0.3, -0.25) is 0 Å². The van der Waals surface area contributed by atoms with Crippen molar-refractivity contribution in [1.82, 2.24) is 0 Å². The molecule has 0 unspecified atom stereocenters. The van der Waals surface area contributed by atoms with Gasteiger partial charge < -0.3 is 0 Å². The molecule has 1 heteroatoms. The van der Waals surface area contributed by atoms with E-state index in [9.17, 15) is 0 Å². The van der Waals surface area contributed by atoms with Crippen molar-refractivity contribution in [1.29, 1.82) is 0 Å². The zero-order valence-electron chi connectivity index (χ0n) is 13.8. The fourth-order valence-electron chi connectivity index (χ4n) is 2.71. The van der Waals surface area contributed by atoms with E-state index in [-0.39, 0.29) is 5.41 Å². The van der Waals surface area contributed by atoms with Gasteiger partial charge in [0.25, 0.3) is 0 Å². The predicted molar refractivity (Wildman–Crippen MR) is 109 cm³/mol. The van der Waals surface area contributed by atoms with Crippen LogP contribution in [0.2, 0.25) is 0 Å². The van der Waals surface area contributed by atoms with E-state index in [0.29, 0.717) is 0 Å². The summed E-state index contributed by atoms with van der Waals surface area (Å²) < 4.78 is 1.31. The standard InChI is InChI=1S/C22H21I/c1-22(2,3)18-14-19(16-10-6-4-7-11-16)21(23)20(15-18)17-12-8-5-9-13-17/h4-15H,1-3H3. The second-order valence-corrected chi connectivity index (χ2v) is 7.95. The summed E-state index contributed by atoms with van der Waals surface area (Å²) >= 11 is 2.49. The minimum absolute atomic E-state index is 0.122. The minimum Gasteiger partial charge on any atom is -0.0622 e. The summed E-state index contributed by atoms with van der Waals surface area (Å²) in [5, 5.41) is 0. The summed E-state index contributed by atoms with van der Waals surface area (Å²) in [4.78, 5) is 0. The highest BCUT2D eigenvalue weighted by Gasteiger charge is 2.19. The van der Waals surface area contributed by atoms with Gasteiger partial charge in [0.1, 0.15) is 0 Å². The zero-order valence-corrected chi connectivity index (χ0v) is 16.0. The lowest BCUT2D eigenvalue weighted by molar-refractivity contribution is 0.590. The van der Waals surface area contributed by atoms with Gasteiger partial charge in [-0.05, 0) is 68.0 Å². The highest BCUT2D eigenvalue weighted by Crippen LogP contribution is 2.38. The Bertz CT molecular complexity index is 736. The molecule has 0 bridgehead atoms. The van der Waals surface area contributed by atoms with Gasteiger partial charge in [0.05, 0.1) is 0 Å². The Morgan fingerprint density at radius 3 is 1.39 bits per heavy atom. The van der Waals surface area contributed by atoms with Crippen molar-refractivity contribution in [2.75, 3.05) is 0 Å². The highest BCUT2D eigenvalue weighted by molar-refractivity contribution is 14.1. The lowest BCUT2D eigenvalue weighted by Gasteiger charge is -2.23. The summed E-state index contributed by atoms with van der Waals surface area (Å²) in [6.45, 7) is 6.83. The molecule has 3 aromatic rings. The van der Waals surface area contributed by atoms with Crippen LogP contribution in [0.1, 0.15) is 26.3 Å². The SMILES string of the molecule is CC(C)(C)c1cc(-c2ccccc2)c(I)c(-c2ccccc2)c1. The van der Waals surface area contributed by atoms with Crippen molar-refractivity contribution in [3.8, 4) is 22.3 Å². The third-order valence-corrected chi connectivity index (χ3v) is 5.27. The third kappa shape index (κ3) is 3.50. The molecule has 0 heterocycles. The van der Waals surface area contributed by atoms with Gasteiger partial charge in [-0.1, -0.05) is 81.4 Å². The van der Waals surface area contributed by atoms with Crippen molar-refractivity contribution < 1.29 is 0 Å². The Labute approximate surface area is 152 Å². The molecule has 0 aliphatic carbocycles. The number of hydrogen-bond acceptors (Lipinski definition) is 0. The molecule has 0 atom stereocenters. The van der Waals surface area contributed by atoms with Crippen molar-refractivity contribution >= 4 is 22.6 Å². The van der Waals surface area contributed by atoms with E-state index in [4.69, 9.17) is 0 Å². The van der Waals surface area contributed by atoms with Crippen LogP contribution < -0.4 is 0 Å². The predicted octanol–water partition coefficient (Wildman–Crippen LogP) is 6.92. The summed E-state index contributed by atoms with van der Waals surface area (Å²) in [5.74, 6) is 0. The average molecular weight is 412 g/mol. The van der Waals surface area contributed by atoms with E-state index >= 15 is 0 Å². The van der Waals surface area contributed by atoms with Crippen molar-refractivity contribution in [2.24, 2.45) is 0 Å². The Balaban J connectivity index is 2.28. The maximum atomic E-state index is 2.49. The number of halogens is 1. The first kappa shape index (κ1) is 16.3. The highest BCUT2D eigenvalue weighted by atomic mass is 127. The molecule has 0 saturated heterocycles. The Hall–Kier alpha value is -1.61. The topological polar surface area (TPSA) is 0 Å². The molecule has 3 aromatic carbocycles. The number of hydrogen-bond donors (Lipinski definition) is 0. The van der Waals surface area contributed by atoms with Crippen LogP contribution in [0.3, 0.4) is 0 Å². The van der Waals surface area contributed by atoms with E-state index in [1.165, 1.54) is 31.4 Å². The summed E-state index contributed by atoms with van der Waals surface area (Å²) in [7, 11) is 0. The fraction of sp³-hybridized carbons (Fsp3) is 0.182. The number of benzene rings is 3. The second kappa shape index (κ2) is 6.48. The molecule has 0 N–H and O–H groups in total. The molecule has 0 fully saturated rings. The van der Waals surface area contributed by atoms with Crippen LogP contribution in [0.15, 0.2) is 72.8 Å². The molecule has 0 aliphatic heterocycles. The molecular weight excluding hydrogens is 391 g/mol. The van der Waals surface area contributed by atoms with Gasteiger partial charge in [0, 0.05) is 3.57 Å². The third-order valence-electron chi connectivity index (χ3n) is 4.11. The van der Waals surface area contributed by atoms with Crippen LogP contribution in [0.4, 0.5) is 0 Å². The van der Waals surface area contributed by atoms with E-state index in [1.54, 1.807) is 0 Å². The van der Waals surface area contributed by atoms with Crippen LogP contribution >= 0.6 is 22.6 Å². The minimum atomic E-state index is 0.122. The first-order valence-electron chi connectivity index (χ1n) is 7.92. The Morgan fingerprint density at radius 1 is 0.652 bits per heavy atom. The van der Waals surface area contributed by atoms with Crippen LogP contribution in [-0.4, -0.2) is 0 Å². The molecule has 0 saturated carbocycles. The lowest BCUT2D eigenvalue weighted by Crippen LogP contribution is -2.12. The van der Waals surface area contributed by atoms with Gasteiger partial charge in [0.2, 0.25) is 0 Å². The van der Waals surface area contributed by atoms with E-state index < -0.39 is 0 Å². The van der Waals surface area contributed by atoms with Crippen molar-refractivity contribution in [3.63, 3.8) is 0 Å². The molecule has 0 amide bonds. The molecule has 0 nitrogen and oxygen atoms in total. The molecule has 23 heavy (non-hydrogen) atoms. The van der Waals surface area contributed by atoms with Crippen LogP contribution in [0.25, 0.3) is 22.3 Å². The smallest absolute Gasteiger partial charge is 0.0287 e. The largest absolute Gasteiger partial charge is 0.0622 e. The molecule has 116 valence electrons. The molecular formula is C22H21I. The van der Waals surface area contributed by atoms with Crippen molar-refractivity contribution in [2.45, 2.75) is 26.2 Å². The van der Waals surface area contributed by atoms with Crippen LogP contribution in [0.5, 0.6) is 0 Å². The van der Waals surface area contributed by atoms with Crippen molar-refractivity contribution in [3.05, 3.63) is 81.9 Å². The molecule has 3 rings (SSSR count). The molecule has 0 radical (unpaired) electrons. The van der Waals surface area contributed by atoms with Gasteiger partial charge in [-0.25, -0.2) is 0 Å². The van der Waals surface area contributed by atoms with Crippen LogP contribution in [-0.2, 0) is 5.41 Å². The molecule has 0 aromatic heterocycles. The first-order valence-corrected chi connectivity index (χ1v) is 8.99. The van der Waals surface area contributed by atoms with Gasteiger partial charge >= 0.3 is 0 Å². The maximum Gasteiger partial charge on any atom is 0.0287 e. The summed E-state index contributed by atoms with van der Waals surface area (Å²) in [5.41, 5.74) is 6.68. The fourth-order valence-corrected chi connectivity index (χ4v) is 3.65. The van der Waals surface area contributed by atoms with E-state index in [2.05, 4.69) is 116 Å². The normalized spacial score (nSPS) is 11.5. The zero-order chi connectivity index (χ0) is 16.4. The Morgan fingerprint density at radius 2 is 1.04 bits per heavy atom. The Kier molecular flexibility index (Phi) is 4.58. The lowest BCUT2D eigenvalue weighted by atomic mass is 9.83. The summed E-state index contributed by atoms with van der Waals surface area (Å²) in [6.07, 6.45) is 0. The molecule has 0 aliphatic rings. The maximum absolute atomic E-state index is 2.49. The summed E-state index contributed by atoms with van der Waals surface area (Å²) in [6, 6.07) is 26.1. The van der Waals surface area contributed by atoms with Gasteiger partial charge in [0.15, 0.2) is 0 Å². The first-order chi connectivity index (χ1) is 11.0. The molecule has 0 spiro atoms. The monoisotopic (exact) mass is 412 g/mol. The van der Waals surface area contributed by atoms with Gasteiger partial charge in [-0.15, -0.1) is 0 Å². The van der Waals surface area contributed by atoms with Crippen LogP contribution in [0, 0.1) is 3.57 Å². The van der Waals surface area contributed by atoms with E-state index in [1.807, 2.05) is 0 Å². The number of rotatable bonds is 2.